The van der Waals surface area contributed by atoms with Crippen molar-refractivity contribution < 1.29 is 9.53 Å². The normalized spacial score (nSPS) is 10.7. The van der Waals surface area contributed by atoms with Crippen molar-refractivity contribution in [1.82, 2.24) is 15.6 Å². The van der Waals surface area contributed by atoms with Crippen molar-refractivity contribution in [3.63, 3.8) is 0 Å². The standard InChI is InChI=1S/C12H13N5O2S/c1-19-9-4-2-8(3-5-9)7-14-15-10(18)6-11-16-17-12(13)20-11/h2-5,7H,6H2,1H3,(H2,13,17)(H,15,18)/b14-7-. The average Bonchev–Trinajstić information content (AvgIpc) is 2.85. The molecule has 0 radical (unpaired) electrons. The number of anilines is 1. The molecule has 1 amide bonds. The van der Waals surface area contributed by atoms with Crippen LogP contribution in [0.15, 0.2) is 29.4 Å². The minimum atomic E-state index is -0.272. The number of hydrogen-bond acceptors (Lipinski definition) is 7. The smallest absolute Gasteiger partial charge is 0.247 e. The number of carbonyl (C=O) groups is 1. The van der Waals surface area contributed by atoms with Gasteiger partial charge < -0.3 is 10.5 Å². The number of ether oxygens (including phenoxy) is 1. The van der Waals surface area contributed by atoms with Gasteiger partial charge in [0.25, 0.3) is 0 Å². The summed E-state index contributed by atoms with van der Waals surface area (Å²) in [4.78, 5) is 11.6. The third-order valence-electron chi connectivity index (χ3n) is 2.31. The highest BCUT2D eigenvalue weighted by molar-refractivity contribution is 7.15. The first-order chi connectivity index (χ1) is 9.67. The van der Waals surface area contributed by atoms with Gasteiger partial charge in [0.1, 0.15) is 10.8 Å². The quantitative estimate of drug-likeness (QED) is 0.627. The van der Waals surface area contributed by atoms with Gasteiger partial charge in [0.05, 0.1) is 19.7 Å². The number of rotatable bonds is 5. The monoisotopic (exact) mass is 291 g/mol. The third kappa shape index (κ3) is 4.02. The van der Waals surface area contributed by atoms with Gasteiger partial charge in [-0.2, -0.15) is 5.10 Å². The van der Waals surface area contributed by atoms with Crippen LogP contribution in [0.3, 0.4) is 0 Å². The van der Waals surface area contributed by atoms with Crippen molar-refractivity contribution in [2.45, 2.75) is 6.42 Å². The maximum absolute atomic E-state index is 11.6. The maximum atomic E-state index is 11.6. The van der Waals surface area contributed by atoms with Crippen molar-refractivity contribution in [2.75, 3.05) is 12.8 Å². The number of hydrogen-bond donors (Lipinski definition) is 2. The molecule has 7 nitrogen and oxygen atoms in total. The number of methoxy groups -OCH3 is 1. The van der Waals surface area contributed by atoms with Crippen LogP contribution >= 0.6 is 11.3 Å². The molecule has 0 saturated carbocycles. The molecular formula is C12H13N5O2S. The third-order valence-corrected chi connectivity index (χ3v) is 3.07. The van der Waals surface area contributed by atoms with Crippen LogP contribution in [0.1, 0.15) is 10.6 Å². The van der Waals surface area contributed by atoms with Gasteiger partial charge in [0, 0.05) is 0 Å². The van der Waals surface area contributed by atoms with Gasteiger partial charge in [-0.25, -0.2) is 5.43 Å². The van der Waals surface area contributed by atoms with Crippen molar-refractivity contribution >= 4 is 28.6 Å². The van der Waals surface area contributed by atoms with Gasteiger partial charge >= 0.3 is 0 Å². The van der Waals surface area contributed by atoms with E-state index in [1.54, 1.807) is 13.3 Å². The summed E-state index contributed by atoms with van der Waals surface area (Å²) in [6, 6.07) is 7.29. The van der Waals surface area contributed by atoms with Gasteiger partial charge in [0.2, 0.25) is 11.0 Å². The van der Waals surface area contributed by atoms with Crippen LogP contribution in [0.25, 0.3) is 0 Å². The van der Waals surface area contributed by atoms with Crippen molar-refractivity contribution in [1.29, 1.82) is 0 Å². The number of nitrogens with zero attached hydrogens (tertiary/aromatic N) is 3. The van der Waals surface area contributed by atoms with Crippen LogP contribution < -0.4 is 15.9 Å². The fourth-order valence-corrected chi connectivity index (χ4v) is 1.99. The molecule has 0 fully saturated rings. The van der Waals surface area contributed by atoms with E-state index in [4.69, 9.17) is 10.5 Å². The first-order valence-electron chi connectivity index (χ1n) is 5.71. The second-order valence-electron chi connectivity index (χ2n) is 3.78. The summed E-state index contributed by atoms with van der Waals surface area (Å²) in [6.45, 7) is 0. The van der Waals surface area contributed by atoms with Gasteiger partial charge in [-0.15, -0.1) is 10.2 Å². The van der Waals surface area contributed by atoms with Gasteiger partial charge in [-0.1, -0.05) is 11.3 Å². The fraction of sp³-hybridized carbons (Fsp3) is 0.167. The molecule has 1 aromatic heterocycles. The van der Waals surface area contributed by atoms with Crippen LogP contribution in [-0.2, 0) is 11.2 Å². The number of nitrogen functional groups attached to an aromatic ring is 1. The average molecular weight is 291 g/mol. The van der Waals surface area contributed by atoms with Gasteiger partial charge in [-0.05, 0) is 29.8 Å². The van der Waals surface area contributed by atoms with Gasteiger partial charge in [0.15, 0.2) is 0 Å². The Morgan fingerprint density at radius 3 is 2.80 bits per heavy atom. The van der Waals surface area contributed by atoms with Crippen molar-refractivity contribution in [2.24, 2.45) is 5.10 Å². The van der Waals surface area contributed by atoms with E-state index in [1.807, 2.05) is 24.3 Å². The molecule has 0 spiro atoms. The lowest BCUT2D eigenvalue weighted by molar-refractivity contribution is -0.120. The van der Waals surface area contributed by atoms with E-state index in [9.17, 15) is 4.79 Å². The van der Waals surface area contributed by atoms with E-state index in [1.165, 1.54) is 11.3 Å². The van der Waals surface area contributed by atoms with E-state index in [2.05, 4.69) is 20.7 Å². The summed E-state index contributed by atoms with van der Waals surface area (Å²) in [7, 11) is 1.60. The first-order valence-corrected chi connectivity index (χ1v) is 6.53. The Hall–Kier alpha value is -2.48. The zero-order valence-electron chi connectivity index (χ0n) is 10.7. The van der Waals surface area contributed by atoms with Crippen LogP contribution in [-0.4, -0.2) is 29.4 Å². The minimum Gasteiger partial charge on any atom is -0.497 e. The fourth-order valence-electron chi connectivity index (χ4n) is 1.38. The van der Waals surface area contributed by atoms with Crippen molar-refractivity contribution in [3.8, 4) is 5.75 Å². The van der Waals surface area contributed by atoms with E-state index in [0.717, 1.165) is 11.3 Å². The lowest BCUT2D eigenvalue weighted by Gasteiger charge is -1.99. The summed E-state index contributed by atoms with van der Waals surface area (Å²) >= 11 is 1.18. The number of carbonyl (C=O) groups excluding carboxylic acids is 1. The van der Waals surface area contributed by atoms with Crippen LogP contribution in [0, 0.1) is 0 Å². The molecule has 3 N–H and O–H groups in total. The molecule has 0 unspecified atom stereocenters. The van der Waals surface area contributed by atoms with E-state index < -0.39 is 0 Å². The number of hydrazone groups is 1. The first kappa shape index (κ1) is 13.9. The van der Waals surface area contributed by atoms with E-state index in [-0.39, 0.29) is 12.3 Å². The second kappa shape index (κ2) is 6.62. The molecule has 0 saturated heterocycles. The molecule has 1 aromatic carbocycles. The Bertz CT molecular complexity index is 609. The minimum absolute atomic E-state index is 0.106. The zero-order valence-corrected chi connectivity index (χ0v) is 11.6. The molecule has 2 aromatic rings. The molecule has 0 aliphatic rings. The molecule has 104 valence electrons. The predicted molar refractivity (Wildman–Crippen MR) is 76.8 cm³/mol. The highest BCUT2D eigenvalue weighted by atomic mass is 32.1. The number of amides is 1. The van der Waals surface area contributed by atoms with Crippen molar-refractivity contribution in [3.05, 3.63) is 34.8 Å². The highest BCUT2D eigenvalue weighted by Gasteiger charge is 2.06. The Morgan fingerprint density at radius 2 is 2.20 bits per heavy atom. The van der Waals surface area contributed by atoms with Crippen LogP contribution in [0.5, 0.6) is 5.75 Å². The largest absolute Gasteiger partial charge is 0.497 e. The molecule has 1 heterocycles. The summed E-state index contributed by atoms with van der Waals surface area (Å²) in [6.07, 6.45) is 1.65. The lowest BCUT2D eigenvalue weighted by atomic mass is 10.2. The molecule has 20 heavy (non-hydrogen) atoms. The summed E-state index contributed by atoms with van der Waals surface area (Å²) in [5.74, 6) is 0.492. The van der Waals surface area contributed by atoms with E-state index in [0.29, 0.717) is 10.1 Å². The van der Waals surface area contributed by atoms with Crippen LogP contribution in [0.2, 0.25) is 0 Å². The topological polar surface area (TPSA) is 102 Å². The number of nitrogens with two attached hydrogens (primary N) is 1. The highest BCUT2D eigenvalue weighted by Crippen LogP contribution is 2.11. The number of benzene rings is 1. The maximum Gasteiger partial charge on any atom is 0.247 e. The zero-order chi connectivity index (χ0) is 14.4. The Kier molecular flexibility index (Phi) is 4.61. The Balaban J connectivity index is 1.84. The molecule has 2 rings (SSSR count). The summed E-state index contributed by atoms with van der Waals surface area (Å²) < 4.78 is 5.04. The molecule has 0 aliphatic heterocycles. The second-order valence-corrected chi connectivity index (χ2v) is 4.87. The molecular weight excluding hydrogens is 278 g/mol. The number of aromatic nitrogens is 2. The lowest BCUT2D eigenvalue weighted by Crippen LogP contribution is -2.19. The Morgan fingerprint density at radius 1 is 1.45 bits per heavy atom. The molecule has 8 heteroatoms. The summed E-state index contributed by atoms with van der Waals surface area (Å²) in [5, 5.41) is 12.1. The summed E-state index contributed by atoms with van der Waals surface area (Å²) in [5.41, 5.74) is 8.70. The SMILES string of the molecule is COc1ccc(/C=N\NC(=O)Cc2nnc(N)s2)cc1. The van der Waals surface area contributed by atoms with E-state index >= 15 is 0 Å². The van der Waals surface area contributed by atoms with Gasteiger partial charge in [-0.3, -0.25) is 4.79 Å². The molecule has 0 bridgehead atoms. The molecule has 0 aliphatic carbocycles. The predicted octanol–water partition coefficient (Wildman–Crippen LogP) is 0.822. The number of nitrogens with one attached hydrogen (secondary N) is 1. The Labute approximate surface area is 119 Å². The molecule has 0 atom stereocenters. The van der Waals surface area contributed by atoms with Crippen LogP contribution in [0.4, 0.5) is 5.13 Å².